The topological polar surface area (TPSA) is 45.2 Å². The largest absolute Gasteiger partial charge is 0.333 e. The molecule has 0 aliphatic carbocycles. The monoisotopic (exact) mass is 241 g/mol. The van der Waals surface area contributed by atoms with Crippen LogP contribution in [0.3, 0.4) is 0 Å². The Balaban J connectivity index is 2.78. The molecule has 0 bridgehead atoms. The molecule has 4 nitrogen and oxygen atoms in total. The van der Waals surface area contributed by atoms with Crippen LogP contribution < -0.4 is 10.2 Å². The molecule has 0 atom stereocenters. The van der Waals surface area contributed by atoms with E-state index < -0.39 is 0 Å². The lowest BCUT2D eigenvalue weighted by Gasteiger charge is -2.24. The molecule has 0 radical (unpaired) electrons. The van der Waals surface area contributed by atoms with Crippen molar-refractivity contribution in [2.45, 2.75) is 40.2 Å². The maximum atomic E-state index is 11.9. The second-order valence-corrected chi connectivity index (χ2v) is 6.06. The number of rotatable bonds is 1. The van der Waals surface area contributed by atoms with Crippen molar-refractivity contribution in [1.82, 2.24) is 10.3 Å². The van der Waals surface area contributed by atoms with Crippen molar-refractivity contribution < 1.29 is 4.79 Å². The fraction of sp³-hybridized carbons (Fsp3) is 0.636. The molecule has 1 aromatic heterocycles. The lowest BCUT2D eigenvalue weighted by atomic mass is 10.1. The van der Waals surface area contributed by atoms with Crippen LogP contribution in [0.25, 0.3) is 0 Å². The molecule has 16 heavy (non-hydrogen) atoms. The molecule has 0 saturated carbocycles. The summed E-state index contributed by atoms with van der Waals surface area (Å²) in [4.78, 5) is 18.9. The standard InChI is InChI=1S/C11H19N3OS/c1-7-8(2)16-10(12-7)14(6)9(15)13-11(3,4)5/h1-6H3,(H,13,15). The first-order valence-corrected chi connectivity index (χ1v) is 6.02. The number of amides is 2. The summed E-state index contributed by atoms with van der Waals surface area (Å²) in [6.07, 6.45) is 0. The van der Waals surface area contributed by atoms with Gasteiger partial charge in [-0.25, -0.2) is 9.78 Å². The molecule has 1 aromatic rings. The van der Waals surface area contributed by atoms with Gasteiger partial charge in [0.15, 0.2) is 5.13 Å². The molecule has 5 heteroatoms. The van der Waals surface area contributed by atoms with Crippen LogP contribution in [-0.4, -0.2) is 23.6 Å². The minimum absolute atomic E-state index is 0.124. The normalized spacial score (nSPS) is 11.4. The Morgan fingerprint density at radius 3 is 2.31 bits per heavy atom. The third-order valence-corrected chi connectivity index (χ3v) is 3.24. The number of anilines is 1. The van der Waals surface area contributed by atoms with E-state index in [-0.39, 0.29) is 11.6 Å². The van der Waals surface area contributed by atoms with Crippen LogP contribution >= 0.6 is 11.3 Å². The van der Waals surface area contributed by atoms with Gasteiger partial charge in [-0.15, -0.1) is 11.3 Å². The van der Waals surface area contributed by atoms with Crippen LogP contribution in [0.1, 0.15) is 31.3 Å². The number of carbonyl (C=O) groups is 1. The Bertz CT molecular complexity index is 373. The Hall–Kier alpha value is -1.10. The summed E-state index contributed by atoms with van der Waals surface area (Å²) in [5.41, 5.74) is 0.752. The fourth-order valence-corrected chi connectivity index (χ4v) is 1.96. The zero-order valence-electron chi connectivity index (χ0n) is 10.7. The number of urea groups is 1. The molecule has 0 aliphatic heterocycles. The summed E-state index contributed by atoms with van der Waals surface area (Å²) in [5.74, 6) is 0. The van der Waals surface area contributed by atoms with E-state index in [9.17, 15) is 4.79 Å². The zero-order chi connectivity index (χ0) is 12.5. The molecule has 0 aliphatic rings. The van der Waals surface area contributed by atoms with Crippen LogP contribution in [0, 0.1) is 13.8 Å². The second-order valence-electron chi connectivity index (χ2n) is 4.88. The van der Waals surface area contributed by atoms with Gasteiger partial charge in [-0.1, -0.05) is 0 Å². The smallest absolute Gasteiger partial charge is 0.323 e. The van der Waals surface area contributed by atoms with Crippen molar-refractivity contribution in [2.75, 3.05) is 11.9 Å². The number of aromatic nitrogens is 1. The van der Waals surface area contributed by atoms with Crippen molar-refractivity contribution in [3.05, 3.63) is 10.6 Å². The highest BCUT2D eigenvalue weighted by Crippen LogP contribution is 2.24. The van der Waals surface area contributed by atoms with Crippen molar-refractivity contribution in [1.29, 1.82) is 0 Å². The first-order chi connectivity index (χ1) is 7.20. The molecule has 1 heterocycles. The van der Waals surface area contributed by atoms with Gasteiger partial charge in [0, 0.05) is 17.5 Å². The SMILES string of the molecule is Cc1nc(N(C)C(=O)NC(C)(C)C)sc1C. The molecule has 0 saturated heterocycles. The highest BCUT2D eigenvalue weighted by atomic mass is 32.1. The van der Waals surface area contributed by atoms with Gasteiger partial charge in [-0.2, -0.15) is 0 Å². The minimum Gasteiger partial charge on any atom is -0.333 e. The summed E-state index contributed by atoms with van der Waals surface area (Å²) in [5, 5.41) is 3.63. The van der Waals surface area contributed by atoms with E-state index in [4.69, 9.17) is 0 Å². The summed E-state index contributed by atoms with van der Waals surface area (Å²) in [6, 6.07) is -0.124. The summed E-state index contributed by atoms with van der Waals surface area (Å²) >= 11 is 1.53. The number of aryl methyl sites for hydroxylation is 2. The number of thiazole rings is 1. The maximum Gasteiger partial charge on any atom is 0.323 e. The number of hydrogen-bond acceptors (Lipinski definition) is 3. The van der Waals surface area contributed by atoms with Gasteiger partial charge in [0.25, 0.3) is 0 Å². The Kier molecular flexibility index (Phi) is 3.57. The molecule has 2 amide bonds. The Morgan fingerprint density at radius 1 is 1.38 bits per heavy atom. The highest BCUT2D eigenvalue weighted by Gasteiger charge is 2.20. The number of hydrogen-bond donors (Lipinski definition) is 1. The third-order valence-electron chi connectivity index (χ3n) is 2.09. The number of nitrogens with one attached hydrogen (secondary N) is 1. The molecule has 0 spiro atoms. The Morgan fingerprint density at radius 2 is 1.94 bits per heavy atom. The number of nitrogens with zero attached hydrogens (tertiary/aromatic N) is 2. The first kappa shape index (κ1) is 13.0. The van der Waals surface area contributed by atoms with Crippen LogP contribution in [0.5, 0.6) is 0 Å². The molecule has 1 N–H and O–H groups in total. The van der Waals surface area contributed by atoms with Crippen LogP contribution in [0.4, 0.5) is 9.93 Å². The van der Waals surface area contributed by atoms with Gasteiger partial charge in [0.2, 0.25) is 0 Å². The van der Waals surface area contributed by atoms with Gasteiger partial charge < -0.3 is 5.32 Å². The zero-order valence-corrected chi connectivity index (χ0v) is 11.5. The molecule has 0 aromatic carbocycles. The molecule has 0 fully saturated rings. The van der Waals surface area contributed by atoms with Gasteiger partial charge in [0.1, 0.15) is 0 Å². The van der Waals surface area contributed by atoms with E-state index in [1.165, 1.54) is 11.3 Å². The van der Waals surface area contributed by atoms with Crippen LogP contribution in [0.15, 0.2) is 0 Å². The van der Waals surface area contributed by atoms with E-state index in [1.807, 2.05) is 34.6 Å². The lowest BCUT2D eigenvalue weighted by molar-refractivity contribution is 0.239. The quantitative estimate of drug-likeness (QED) is 0.821. The Labute approximate surface area is 101 Å². The van der Waals surface area contributed by atoms with Crippen molar-refractivity contribution in [2.24, 2.45) is 0 Å². The highest BCUT2D eigenvalue weighted by molar-refractivity contribution is 7.15. The summed E-state index contributed by atoms with van der Waals surface area (Å²) in [6.45, 7) is 9.82. The molecular formula is C11H19N3OS. The summed E-state index contributed by atoms with van der Waals surface area (Å²) < 4.78 is 0. The van der Waals surface area contributed by atoms with Gasteiger partial charge in [-0.3, -0.25) is 4.90 Å². The summed E-state index contributed by atoms with van der Waals surface area (Å²) in [7, 11) is 1.73. The van der Waals surface area contributed by atoms with Gasteiger partial charge >= 0.3 is 6.03 Å². The second kappa shape index (κ2) is 4.41. The lowest BCUT2D eigenvalue weighted by Crippen LogP contribution is -2.47. The van der Waals surface area contributed by atoms with E-state index in [0.29, 0.717) is 0 Å². The van der Waals surface area contributed by atoms with Crippen molar-refractivity contribution in [3.63, 3.8) is 0 Å². The van der Waals surface area contributed by atoms with Crippen LogP contribution in [-0.2, 0) is 0 Å². The van der Waals surface area contributed by atoms with Gasteiger partial charge in [-0.05, 0) is 34.6 Å². The van der Waals surface area contributed by atoms with E-state index in [1.54, 1.807) is 11.9 Å². The van der Waals surface area contributed by atoms with Gasteiger partial charge in [0.05, 0.1) is 5.69 Å². The van der Waals surface area contributed by atoms with Crippen LogP contribution in [0.2, 0.25) is 0 Å². The predicted molar refractivity (Wildman–Crippen MR) is 68.3 cm³/mol. The third kappa shape index (κ3) is 3.20. The van der Waals surface area contributed by atoms with Crippen molar-refractivity contribution in [3.8, 4) is 0 Å². The predicted octanol–water partition coefficient (Wildman–Crippen LogP) is 2.70. The van der Waals surface area contributed by atoms with Crippen molar-refractivity contribution >= 4 is 22.5 Å². The maximum absolute atomic E-state index is 11.9. The molecule has 1 rings (SSSR count). The van der Waals surface area contributed by atoms with E-state index in [2.05, 4.69) is 10.3 Å². The molecule has 90 valence electrons. The average molecular weight is 241 g/mol. The average Bonchev–Trinajstić information content (AvgIpc) is 2.43. The fourth-order valence-electron chi connectivity index (χ4n) is 1.09. The van der Waals surface area contributed by atoms with E-state index in [0.717, 1.165) is 15.7 Å². The minimum atomic E-state index is -0.229. The molecular weight excluding hydrogens is 222 g/mol. The molecule has 0 unspecified atom stereocenters. The number of carbonyl (C=O) groups excluding carboxylic acids is 1. The van der Waals surface area contributed by atoms with E-state index >= 15 is 0 Å². The first-order valence-electron chi connectivity index (χ1n) is 5.20.